The molecule has 0 bridgehead atoms. The summed E-state index contributed by atoms with van der Waals surface area (Å²) in [4.78, 5) is 17.4. The van der Waals surface area contributed by atoms with E-state index >= 15 is 0 Å². The van der Waals surface area contributed by atoms with Crippen LogP contribution in [0.5, 0.6) is 0 Å². The SMILES string of the molecule is Cn1cccc1CN1CCC2(CC1)C(=O)NCN2c1ccccc1. The Morgan fingerprint density at radius 2 is 1.83 bits per heavy atom. The van der Waals surface area contributed by atoms with Crippen LogP contribution in [0.15, 0.2) is 48.7 Å². The molecule has 126 valence electrons. The van der Waals surface area contributed by atoms with Gasteiger partial charge >= 0.3 is 0 Å². The number of aromatic nitrogens is 1. The maximum atomic E-state index is 12.6. The summed E-state index contributed by atoms with van der Waals surface area (Å²) in [7, 11) is 2.09. The first-order chi connectivity index (χ1) is 11.7. The Balaban J connectivity index is 1.50. The Kier molecular flexibility index (Phi) is 3.81. The number of nitrogens with zero attached hydrogens (tertiary/aromatic N) is 3. The summed E-state index contributed by atoms with van der Waals surface area (Å²) in [5, 5.41) is 3.06. The molecule has 2 aromatic rings. The maximum Gasteiger partial charge on any atom is 0.247 e. The molecule has 5 heteroatoms. The second-order valence-electron chi connectivity index (χ2n) is 6.85. The number of nitrogens with one attached hydrogen (secondary N) is 1. The van der Waals surface area contributed by atoms with E-state index in [1.807, 2.05) is 18.2 Å². The molecule has 0 saturated carbocycles. The van der Waals surface area contributed by atoms with Gasteiger partial charge < -0.3 is 14.8 Å². The number of anilines is 1. The number of carbonyl (C=O) groups excluding carboxylic acids is 1. The van der Waals surface area contributed by atoms with Crippen LogP contribution in [0.4, 0.5) is 5.69 Å². The van der Waals surface area contributed by atoms with Gasteiger partial charge in [-0.2, -0.15) is 0 Å². The van der Waals surface area contributed by atoms with Crippen LogP contribution in [0.1, 0.15) is 18.5 Å². The standard InChI is InChI=1S/C19H24N4O/c1-21-11-5-8-17(21)14-22-12-9-19(10-13-22)18(24)20-15-23(19)16-6-3-2-4-7-16/h2-8,11H,9-10,12-15H2,1H3,(H,20,24). The van der Waals surface area contributed by atoms with Gasteiger partial charge in [0.1, 0.15) is 5.54 Å². The van der Waals surface area contributed by atoms with Crippen LogP contribution in [0, 0.1) is 0 Å². The van der Waals surface area contributed by atoms with E-state index in [9.17, 15) is 4.79 Å². The van der Waals surface area contributed by atoms with Crippen LogP contribution in [-0.4, -0.2) is 40.7 Å². The van der Waals surface area contributed by atoms with Gasteiger partial charge in [0, 0.05) is 44.3 Å². The third-order valence-electron chi connectivity index (χ3n) is 5.53. The van der Waals surface area contributed by atoms with Gasteiger partial charge in [0.05, 0.1) is 6.67 Å². The van der Waals surface area contributed by atoms with Gasteiger partial charge in [0.25, 0.3) is 0 Å². The van der Waals surface area contributed by atoms with Crippen molar-refractivity contribution in [3.63, 3.8) is 0 Å². The first-order valence-electron chi connectivity index (χ1n) is 8.63. The van der Waals surface area contributed by atoms with Crippen molar-refractivity contribution < 1.29 is 4.79 Å². The minimum absolute atomic E-state index is 0.185. The fourth-order valence-corrected chi connectivity index (χ4v) is 4.00. The third kappa shape index (κ3) is 2.49. The van der Waals surface area contributed by atoms with Crippen LogP contribution in [0.2, 0.25) is 0 Å². The number of para-hydroxylation sites is 1. The van der Waals surface area contributed by atoms with Crippen molar-refractivity contribution >= 4 is 11.6 Å². The van der Waals surface area contributed by atoms with E-state index in [0.717, 1.165) is 38.2 Å². The van der Waals surface area contributed by atoms with Crippen LogP contribution in [0.25, 0.3) is 0 Å². The van der Waals surface area contributed by atoms with Crippen molar-refractivity contribution in [2.45, 2.75) is 24.9 Å². The number of benzene rings is 1. The van der Waals surface area contributed by atoms with Gasteiger partial charge in [0.2, 0.25) is 5.91 Å². The molecule has 0 radical (unpaired) electrons. The van der Waals surface area contributed by atoms with E-state index < -0.39 is 0 Å². The lowest BCUT2D eigenvalue weighted by molar-refractivity contribution is -0.125. The van der Waals surface area contributed by atoms with Gasteiger partial charge in [0.15, 0.2) is 0 Å². The second kappa shape index (κ2) is 5.98. The van der Waals surface area contributed by atoms with Crippen LogP contribution >= 0.6 is 0 Å². The first kappa shape index (κ1) is 15.3. The van der Waals surface area contributed by atoms with Gasteiger partial charge in [-0.25, -0.2) is 0 Å². The molecule has 24 heavy (non-hydrogen) atoms. The van der Waals surface area contributed by atoms with E-state index in [2.05, 4.69) is 57.2 Å². The van der Waals surface area contributed by atoms with E-state index in [1.54, 1.807) is 0 Å². The van der Waals surface area contributed by atoms with E-state index in [-0.39, 0.29) is 11.4 Å². The third-order valence-corrected chi connectivity index (χ3v) is 5.53. The molecule has 4 rings (SSSR count). The average Bonchev–Trinajstić information content (AvgIpc) is 3.15. The number of rotatable bonds is 3. The molecular weight excluding hydrogens is 300 g/mol. The van der Waals surface area contributed by atoms with Crippen molar-refractivity contribution in [2.75, 3.05) is 24.7 Å². The highest BCUT2D eigenvalue weighted by Crippen LogP contribution is 2.36. The highest BCUT2D eigenvalue weighted by Gasteiger charge is 2.50. The molecule has 1 aromatic carbocycles. The molecule has 0 aliphatic carbocycles. The summed E-state index contributed by atoms with van der Waals surface area (Å²) < 4.78 is 2.17. The smallest absolute Gasteiger partial charge is 0.247 e. The molecule has 2 aliphatic heterocycles. The molecular formula is C19H24N4O. The molecule has 5 nitrogen and oxygen atoms in total. The molecule has 1 amide bonds. The van der Waals surface area contributed by atoms with E-state index in [0.29, 0.717) is 6.67 Å². The summed E-state index contributed by atoms with van der Waals surface area (Å²) in [6.45, 7) is 3.46. The van der Waals surface area contributed by atoms with Gasteiger partial charge in [-0.3, -0.25) is 9.69 Å². The van der Waals surface area contributed by atoms with Gasteiger partial charge in [-0.1, -0.05) is 18.2 Å². The zero-order valence-corrected chi connectivity index (χ0v) is 14.1. The van der Waals surface area contributed by atoms with Crippen molar-refractivity contribution in [3.05, 3.63) is 54.4 Å². The molecule has 1 spiro atoms. The minimum atomic E-state index is -0.383. The summed E-state index contributed by atoms with van der Waals surface area (Å²) >= 11 is 0. The number of amides is 1. The molecule has 0 unspecified atom stereocenters. The summed E-state index contributed by atoms with van der Waals surface area (Å²) in [5.74, 6) is 0.185. The number of piperidine rings is 1. The van der Waals surface area contributed by atoms with Crippen molar-refractivity contribution in [2.24, 2.45) is 7.05 Å². The Hall–Kier alpha value is -2.27. The lowest BCUT2D eigenvalue weighted by atomic mass is 9.85. The van der Waals surface area contributed by atoms with E-state index in [4.69, 9.17) is 0 Å². The van der Waals surface area contributed by atoms with E-state index in [1.165, 1.54) is 5.69 Å². The molecule has 2 aliphatic rings. The van der Waals surface area contributed by atoms with Crippen molar-refractivity contribution in [1.82, 2.24) is 14.8 Å². The summed E-state index contributed by atoms with van der Waals surface area (Å²) in [6.07, 6.45) is 3.83. The Morgan fingerprint density at radius 1 is 1.08 bits per heavy atom. The molecule has 2 fully saturated rings. The van der Waals surface area contributed by atoms with Gasteiger partial charge in [-0.15, -0.1) is 0 Å². The molecule has 1 N–H and O–H groups in total. The Labute approximate surface area is 142 Å². The minimum Gasteiger partial charge on any atom is -0.353 e. The highest BCUT2D eigenvalue weighted by molar-refractivity contribution is 5.93. The average molecular weight is 324 g/mol. The Morgan fingerprint density at radius 3 is 2.50 bits per heavy atom. The molecule has 3 heterocycles. The Bertz CT molecular complexity index is 716. The lowest BCUT2D eigenvalue weighted by Crippen LogP contribution is -2.56. The second-order valence-corrected chi connectivity index (χ2v) is 6.85. The number of carbonyl (C=O) groups is 1. The number of likely N-dealkylation sites (tertiary alicyclic amines) is 1. The van der Waals surface area contributed by atoms with Crippen LogP contribution in [0.3, 0.4) is 0 Å². The van der Waals surface area contributed by atoms with Crippen LogP contribution < -0.4 is 10.2 Å². The van der Waals surface area contributed by atoms with Crippen molar-refractivity contribution in [3.8, 4) is 0 Å². The quantitative estimate of drug-likeness (QED) is 0.938. The van der Waals surface area contributed by atoms with Gasteiger partial charge in [-0.05, 0) is 37.1 Å². The normalized spacial score (nSPS) is 20.5. The fraction of sp³-hybridized carbons (Fsp3) is 0.421. The molecule has 2 saturated heterocycles. The fourth-order valence-electron chi connectivity index (χ4n) is 4.00. The summed E-state index contributed by atoms with van der Waals surface area (Å²) in [6, 6.07) is 14.5. The van der Waals surface area contributed by atoms with Crippen LogP contribution in [-0.2, 0) is 18.4 Å². The number of aryl methyl sites for hydroxylation is 1. The number of hydrogen-bond donors (Lipinski definition) is 1. The maximum absolute atomic E-state index is 12.6. The zero-order valence-electron chi connectivity index (χ0n) is 14.1. The monoisotopic (exact) mass is 324 g/mol. The lowest BCUT2D eigenvalue weighted by Gasteiger charge is -2.43. The largest absolute Gasteiger partial charge is 0.353 e. The van der Waals surface area contributed by atoms with Crippen molar-refractivity contribution in [1.29, 1.82) is 0 Å². The highest BCUT2D eigenvalue weighted by atomic mass is 16.2. The first-order valence-corrected chi connectivity index (χ1v) is 8.63. The molecule has 1 aromatic heterocycles. The zero-order chi connectivity index (χ0) is 16.6. The molecule has 0 atom stereocenters. The predicted octanol–water partition coefficient (Wildman–Crippen LogP) is 1.95. The number of hydrogen-bond acceptors (Lipinski definition) is 3. The topological polar surface area (TPSA) is 40.5 Å². The summed E-state index contributed by atoms with van der Waals surface area (Å²) in [5.41, 5.74) is 2.07. The predicted molar refractivity (Wildman–Crippen MR) is 94.6 cm³/mol.